The summed E-state index contributed by atoms with van der Waals surface area (Å²) in [5, 5.41) is 0. The van der Waals surface area contributed by atoms with Crippen LogP contribution in [0.5, 0.6) is 0 Å². The maximum absolute atomic E-state index is 11.6. The normalized spacial score (nSPS) is 35.1. The number of rotatable bonds is 1. The molecule has 0 saturated heterocycles. The first-order valence-corrected chi connectivity index (χ1v) is 6.25. The topological polar surface area (TPSA) is 17.1 Å². The van der Waals surface area contributed by atoms with Crippen molar-refractivity contribution in [3.8, 4) is 0 Å². The first-order valence-electron chi connectivity index (χ1n) is 6.25. The molecular formula is C15H22O. The summed E-state index contributed by atoms with van der Waals surface area (Å²) in [5.41, 5.74) is 5.82. The lowest BCUT2D eigenvalue weighted by molar-refractivity contribution is -0.120. The molecule has 0 aromatic carbocycles. The van der Waals surface area contributed by atoms with E-state index in [2.05, 4.69) is 27.7 Å². The molecule has 0 aliphatic heterocycles. The van der Waals surface area contributed by atoms with Crippen LogP contribution in [-0.4, -0.2) is 6.29 Å². The van der Waals surface area contributed by atoms with E-state index in [1.807, 2.05) is 0 Å². The number of carbonyl (C=O) groups is 1. The van der Waals surface area contributed by atoms with Crippen LogP contribution in [-0.2, 0) is 4.79 Å². The number of aldehydes is 1. The minimum absolute atomic E-state index is 0.0762. The second-order valence-corrected chi connectivity index (χ2v) is 5.93. The minimum atomic E-state index is -0.0762. The van der Waals surface area contributed by atoms with Crippen LogP contribution in [0.3, 0.4) is 0 Å². The summed E-state index contributed by atoms with van der Waals surface area (Å²) in [7, 11) is 0. The molecule has 2 aliphatic rings. The fraction of sp³-hybridized carbons (Fsp3) is 0.667. The lowest BCUT2D eigenvalue weighted by atomic mass is 9.58. The molecule has 0 heterocycles. The molecule has 1 nitrogen and oxygen atoms in total. The Hall–Kier alpha value is -0.850. The highest BCUT2D eigenvalue weighted by Crippen LogP contribution is 2.51. The third-order valence-corrected chi connectivity index (χ3v) is 4.80. The molecule has 0 aromatic rings. The Morgan fingerprint density at radius 3 is 1.75 bits per heavy atom. The first-order chi connectivity index (χ1) is 7.48. The molecule has 2 aliphatic carbocycles. The highest BCUT2D eigenvalue weighted by Gasteiger charge is 2.44. The SMILES string of the molecule is CC1=C(C)CC2(C=O)CC(C)=C(C)CC2C1. The van der Waals surface area contributed by atoms with Crippen molar-refractivity contribution in [1.82, 2.24) is 0 Å². The van der Waals surface area contributed by atoms with Gasteiger partial charge in [-0.1, -0.05) is 22.3 Å². The van der Waals surface area contributed by atoms with Crippen molar-refractivity contribution in [3.63, 3.8) is 0 Å². The average Bonchev–Trinajstić information content (AvgIpc) is 2.23. The van der Waals surface area contributed by atoms with Crippen LogP contribution < -0.4 is 0 Å². The Labute approximate surface area is 98.6 Å². The van der Waals surface area contributed by atoms with Gasteiger partial charge < -0.3 is 4.79 Å². The van der Waals surface area contributed by atoms with Crippen molar-refractivity contribution >= 4 is 6.29 Å². The Balaban J connectivity index is 2.39. The lowest BCUT2D eigenvalue weighted by Gasteiger charge is -2.45. The molecule has 16 heavy (non-hydrogen) atoms. The van der Waals surface area contributed by atoms with Crippen LogP contribution in [0, 0.1) is 11.3 Å². The van der Waals surface area contributed by atoms with Gasteiger partial charge in [-0.15, -0.1) is 0 Å². The van der Waals surface area contributed by atoms with Crippen LogP contribution >= 0.6 is 0 Å². The van der Waals surface area contributed by atoms with Gasteiger partial charge in [0.25, 0.3) is 0 Å². The molecule has 1 heteroatoms. The number of allylic oxidation sites excluding steroid dienone is 4. The molecule has 2 rings (SSSR count). The predicted molar refractivity (Wildman–Crippen MR) is 67.2 cm³/mol. The van der Waals surface area contributed by atoms with Gasteiger partial charge >= 0.3 is 0 Å². The van der Waals surface area contributed by atoms with Gasteiger partial charge in [0.2, 0.25) is 0 Å². The highest BCUT2D eigenvalue weighted by atomic mass is 16.1. The molecule has 0 spiro atoms. The number of fused-ring (bicyclic) bond motifs is 1. The summed E-state index contributed by atoms with van der Waals surface area (Å²) in [6.07, 6.45) is 5.46. The van der Waals surface area contributed by atoms with Gasteiger partial charge in [0.05, 0.1) is 0 Å². The first kappa shape index (κ1) is 11.6. The molecule has 88 valence electrons. The standard InChI is InChI=1S/C15H22O/c1-10-5-14-6-11(2)13(4)8-15(14,9-16)7-12(10)3/h9,14H,5-8H2,1-4H3. The highest BCUT2D eigenvalue weighted by molar-refractivity contribution is 5.63. The van der Waals surface area contributed by atoms with Crippen LogP contribution in [0.25, 0.3) is 0 Å². The molecule has 0 unspecified atom stereocenters. The van der Waals surface area contributed by atoms with E-state index in [0.717, 1.165) is 25.7 Å². The average molecular weight is 218 g/mol. The van der Waals surface area contributed by atoms with Crippen LogP contribution in [0.1, 0.15) is 53.4 Å². The summed E-state index contributed by atoms with van der Waals surface area (Å²) < 4.78 is 0. The van der Waals surface area contributed by atoms with Crippen molar-refractivity contribution in [2.45, 2.75) is 53.4 Å². The fourth-order valence-electron chi connectivity index (χ4n) is 3.39. The third kappa shape index (κ3) is 1.66. The predicted octanol–water partition coefficient (Wildman–Crippen LogP) is 4.05. The molecular weight excluding hydrogens is 196 g/mol. The lowest BCUT2D eigenvalue weighted by Crippen LogP contribution is -2.39. The largest absolute Gasteiger partial charge is 0.303 e. The maximum Gasteiger partial charge on any atom is 0.127 e. The Morgan fingerprint density at radius 1 is 0.938 bits per heavy atom. The van der Waals surface area contributed by atoms with E-state index in [9.17, 15) is 4.79 Å². The van der Waals surface area contributed by atoms with Gasteiger partial charge in [-0.25, -0.2) is 0 Å². The second-order valence-electron chi connectivity index (χ2n) is 5.93. The zero-order valence-electron chi connectivity index (χ0n) is 10.9. The van der Waals surface area contributed by atoms with Crippen molar-refractivity contribution in [1.29, 1.82) is 0 Å². The Bertz CT molecular complexity index is 354. The Kier molecular flexibility index (Phi) is 2.81. The summed E-state index contributed by atoms with van der Waals surface area (Å²) in [4.78, 5) is 11.6. The zero-order chi connectivity index (χ0) is 11.9. The van der Waals surface area contributed by atoms with E-state index >= 15 is 0 Å². The molecule has 0 N–H and O–H groups in total. The zero-order valence-corrected chi connectivity index (χ0v) is 10.9. The van der Waals surface area contributed by atoms with Crippen LogP contribution in [0.15, 0.2) is 22.3 Å². The van der Waals surface area contributed by atoms with Crippen molar-refractivity contribution < 1.29 is 4.79 Å². The second kappa shape index (κ2) is 3.87. The molecule has 0 atom stereocenters. The number of hydrogen-bond donors (Lipinski definition) is 0. The van der Waals surface area contributed by atoms with E-state index in [1.54, 1.807) is 0 Å². The summed E-state index contributed by atoms with van der Waals surface area (Å²) >= 11 is 0. The van der Waals surface area contributed by atoms with Gasteiger partial charge in [0, 0.05) is 5.41 Å². The summed E-state index contributed by atoms with van der Waals surface area (Å²) in [6.45, 7) is 8.84. The number of hydrogen-bond acceptors (Lipinski definition) is 1. The molecule has 0 radical (unpaired) electrons. The van der Waals surface area contributed by atoms with E-state index in [1.165, 1.54) is 28.6 Å². The van der Waals surface area contributed by atoms with Gasteiger partial charge in [-0.05, 0) is 59.3 Å². The quantitative estimate of drug-likeness (QED) is 0.479. The molecule has 0 bridgehead atoms. The van der Waals surface area contributed by atoms with E-state index in [0.29, 0.717) is 5.92 Å². The van der Waals surface area contributed by atoms with Crippen molar-refractivity contribution in [3.05, 3.63) is 22.3 Å². The number of carbonyl (C=O) groups excluding carboxylic acids is 1. The van der Waals surface area contributed by atoms with Gasteiger partial charge in [0.15, 0.2) is 0 Å². The Morgan fingerprint density at radius 2 is 1.38 bits per heavy atom. The third-order valence-electron chi connectivity index (χ3n) is 4.80. The smallest absolute Gasteiger partial charge is 0.127 e. The molecule has 0 aromatic heterocycles. The monoisotopic (exact) mass is 218 g/mol. The van der Waals surface area contributed by atoms with Gasteiger partial charge in [0.1, 0.15) is 6.29 Å². The molecule has 0 amide bonds. The van der Waals surface area contributed by atoms with Gasteiger partial charge in [-0.2, -0.15) is 0 Å². The van der Waals surface area contributed by atoms with E-state index < -0.39 is 0 Å². The molecule has 0 fully saturated rings. The van der Waals surface area contributed by atoms with E-state index in [4.69, 9.17) is 0 Å². The fourth-order valence-corrected chi connectivity index (χ4v) is 3.39. The van der Waals surface area contributed by atoms with Crippen molar-refractivity contribution in [2.24, 2.45) is 11.3 Å². The summed E-state index contributed by atoms with van der Waals surface area (Å²) in [6, 6.07) is 0. The van der Waals surface area contributed by atoms with Crippen molar-refractivity contribution in [2.75, 3.05) is 0 Å². The van der Waals surface area contributed by atoms with Crippen LogP contribution in [0.2, 0.25) is 0 Å². The van der Waals surface area contributed by atoms with E-state index in [-0.39, 0.29) is 5.41 Å². The minimum Gasteiger partial charge on any atom is -0.303 e. The van der Waals surface area contributed by atoms with Crippen LogP contribution in [0.4, 0.5) is 0 Å². The molecule has 0 saturated carbocycles. The van der Waals surface area contributed by atoms with Gasteiger partial charge in [-0.3, -0.25) is 0 Å². The summed E-state index contributed by atoms with van der Waals surface area (Å²) in [5.74, 6) is 0.553. The maximum atomic E-state index is 11.6.